The predicted molar refractivity (Wildman–Crippen MR) is 86.0 cm³/mol. The molecule has 5 heteroatoms. The lowest BCUT2D eigenvalue weighted by Gasteiger charge is -2.32. The maximum atomic E-state index is 12.2. The molecule has 0 saturated carbocycles. The Balaban J connectivity index is 1.90. The van der Waals surface area contributed by atoms with E-state index in [2.05, 4.69) is 10.6 Å². The van der Waals surface area contributed by atoms with E-state index in [1.54, 1.807) is 0 Å². The average Bonchev–Trinajstić information content (AvgIpc) is 2.45. The van der Waals surface area contributed by atoms with Crippen molar-refractivity contribution in [2.24, 2.45) is 5.41 Å². The zero-order valence-electron chi connectivity index (χ0n) is 13.6. The Labute approximate surface area is 132 Å². The molecule has 0 unspecified atom stereocenters. The molecule has 0 bridgehead atoms. The van der Waals surface area contributed by atoms with Crippen LogP contribution in [-0.2, 0) is 6.42 Å². The van der Waals surface area contributed by atoms with Gasteiger partial charge >= 0.3 is 6.03 Å². The van der Waals surface area contributed by atoms with Crippen LogP contribution in [0.15, 0.2) is 24.3 Å². The van der Waals surface area contributed by atoms with Crippen LogP contribution in [0.25, 0.3) is 0 Å². The van der Waals surface area contributed by atoms with Crippen LogP contribution in [0.3, 0.4) is 0 Å². The van der Waals surface area contributed by atoms with Gasteiger partial charge in [-0.2, -0.15) is 0 Å². The monoisotopic (exact) mass is 306 g/mol. The van der Waals surface area contributed by atoms with Crippen molar-refractivity contribution in [2.45, 2.75) is 45.7 Å². The SMILES string of the molecule is CC(C)(C)[C@@H](CCO)NC(=O)N[C@H]1COc2ccccc2C1. The van der Waals surface area contributed by atoms with Crippen molar-refractivity contribution in [3.8, 4) is 5.75 Å². The molecule has 3 N–H and O–H groups in total. The molecule has 0 radical (unpaired) electrons. The summed E-state index contributed by atoms with van der Waals surface area (Å²) >= 11 is 0. The van der Waals surface area contributed by atoms with Gasteiger partial charge in [0.2, 0.25) is 0 Å². The molecule has 122 valence electrons. The normalized spacial score (nSPS) is 18.8. The Morgan fingerprint density at radius 1 is 1.41 bits per heavy atom. The van der Waals surface area contributed by atoms with Crippen molar-refractivity contribution >= 4 is 6.03 Å². The summed E-state index contributed by atoms with van der Waals surface area (Å²) in [5, 5.41) is 15.1. The van der Waals surface area contributed by atoms with Crippen molar-refractivity contribution < 1.29 is 14.6 Å². The van der Waals surface area contributed by atoms with E-state index >= 15 is 0 Å². The number of aliphatic hydroxyl groups is 1. The largest absolute Gasteiger partial charge is 0.491 e. The summed E-state index contributed by atoms with van der Waals surface area (Å²) in [6.45, 7) is 6.68. The van der Waals surface area contributed by atoms with Crippen LogP contribution in [0.1, 0.15) is 32.8 Å². The van der Waals surface area contributed by atoms with Gasteiger partial charge in [-0.25, -0.2) is 4.79 Å². The van der Waals surface area contributed by atoms with Crippen LogP contribution in [0.5, 0.6) is 5.75 Å². The number of benzene rings is 1. The number of ether oxygens (including phenoxy) is 1. The summed E-state index contributed by atoms with van der Waals surface area (Å²) in [7, 11) is 0. The molecule has 1 aliphatic heterocycles. The lowest BCUT2D eigenvalue weighted by atomic mass is 9.85. The maximum Gasteiger partial charge on any atom is 0.315 e. The van der Waals surface area contributed by atoms with Crippen LogP contribution in [0.4, 0.5) is 4.79 Å². The van der Waals surface area contributed by atoms with Crippen molar-refractivity contribution in [2.75, 3.05) is 13.2 Å². The highest BCUT2D eigenvalue weighted by molar-refractivity contribution is 5.74. The topological polar surface area (TPSA) is 70.6 Å². The quantitative estimate of drug-likeness (QED) is 0.797. The molecule has 0 aromatic heterocycles. The second-order valence-electron chi connectivity index (χ2n) is 6.87. The van der Waals surface area contributed by atoms with E-state index in [1.165, 1.54) is 0 Å². The molecule has 1 aromatic carbocycles. The van der Waals surface area contributed by atoms with Crippen LogP contribution in [0, 0.1) is 5.41 Å². The van der Waals surface area contributed by atoms with E-state index in [1.807, 2.05) is 45.0 Å². The Kier molecular flexibility index (Phi) is 5.29. The number of para-hydroxylation sites is 1. The Bertz CT molecular complexity index is 511. The number of rotatable bonds is 4. The molecule has 5 nitrogen and oxygen atoms in total. The fraction of sp³-hybridized carbons (Fsp3) is 0.588. The van der Waals surface area contributed by atoms with Gasteiger partial charge in [-0.05, 0) is 29.9 Å². The zero-order chi connectivity index (χ0) is 16.2. The van der Waals surface area contributed by atoms with E-state index in [-0.39, 0.29) is 30.1 Å². The van der Waals surface area contributed by atoms with Crippen molar-refractivity contribution in [1.29, 1.82) is 0 Å². The molecule has 1 heterocycles. The third-order valence-corrected chi connectivity index (χ3v) is 3.98. The second kappa shape index (κ2) is 7.01. The highest BCUT2D eigenvalue weighted by Crippen LogP contribution is 2.24. The fourth-order valence-electron chi connectivity index (χ4n) is 2.66. The van der Waals surface area contributed by atoms with Gasteiger partial charge in [0.25, 0.3) is 0 Å². The molecular weight excluding hydrogens is 280 g/mol. The van der Waals surface area contributed by atoms with Crippen LogP contribution in [-0.4, -0.2) is 36.4 Å². The minimum atomic E-state index is -0.207. The van der Waals surface area contributed by atoms with Crippen LogP contribution >= 0.6 is 0 Å². The van der Waals surface area contributed by atoms with Crippen molar-refractivity contribution in [1.82, 2.24) is 10.6 Å². The van der Waals surface area contributed by atoms with Gasteiger partial charge in [0.05, 0.1) is 6.04 Å². The Morgan fingerprint density at radius 3 is 2.82 bits per heavy atom. The molecule has 22 heavy (non-hydrogen) atoms. The molecule has 0 spiro atoms. The highest BCUT2D eigenvalue weighted by Gasteiger charge is 2.27. The number of carbonyl (C=O) groups is 1. The highest BCUT2D eigenvalue weighted by atomic mass is 16.5. The van der Waals surface area contributed by atoms with Gasteiger partial charge in [0.15, 0.2) is 0 Å². The number of carbonyl (C=O) groups excluding carboxylic acids is 1. The number of fused-ring (bicyclic) bond motifs is 1. The minimum absolute atomic E-state index is 0.0374. The first-order valence-electron chi connectivity index (χ1n) is 7.78. The molecule has 0 saturated heterocycles. The Hall–Kier alpha value is -1.75. The molecule has 2 rings (SSSR count). The fourth-order valence-corrected chi connectivity index (χ4v) is 2.66. The van der Waals surface area contributed by atoms with Crippen LogP contribution in [0.2, 0.25) is 0 Å². The van der Waals surface area contributed by atoms with E-state index in [0.717, 1.165) is 17.7 Å². The number of nitrogens with one attached hydrogen (secondary N) is 2. The number of hydrogen-bond donors (Lipinski definition) is 3. The molecule has 0 fully saturated rings. The standard InChI is InChI=1S/C17H26N2O3/c1-17(2,3)15(8-9-20)19-16(21)18-13-10-12-6-4-5-7-14(12)22-11-13/h4-7,13,15,20H,8-11H2,1-3H3,(H2,18,19,21)/t13-,15-/m1/s1. The maximum absolute atomic E-state index is 12.2. The third-order valence-electron chi connectivity index (χ3n) is 3.98. The lowest BCUT2D eigenvalue weighted by molar-refractivity contribution is 0.181. The number of amides is 2. The van der Waals surface area contributed by atoms with Crippen molar-refractivity contribution in [3.05, 3.63) is 29.8 Å². The first-order chi connectivity index (χ1) is 10.4. The van der Waals surface area contributed by atoms with Gasteiger partial charge < -0.3 is 20.5 Å². The summed E-state index contributed by atoms with van der Waals surface area (Å²) in [5.41, 5.74) is 1.01. The molecule has 0 aliphatic carbocycles. The lowest BCUT2D eigenvalue weighted by Crippen LogP contribution is -2.53. The van der Waals surface area contributed by atoms with E-state index in [9.17, 15) is 4.79 Å². The minimum Gasteiger partial charge on any atom is -0.491 e. The number of urea groups is 1. The molecule has 1 aromatic rings. The first-order valence-corrected chi connectivity index (χ1v) is 7.78. The van der Waals surface area contributed by atoms with E-state index in [0.29, 0.717) is 13.0 Å². The number of aliphatic hydroxyl groups excluding tert-OH is 1. The Morgan fingerprint density at radius 2 is 2.14 bits per heavy atom. The molecular formula is C17H26N2O3. The van der Waals surface area contributed by atoms with E-state index in [4.69, 9.17) is 9.84 Å². The molecule has 2 atom stereocenters. The molecule has 2 amide bonds. The smallest absolute Gasteiger partial charge is 0.315 e. The third kappa shape index (κ3) is 4.37. The van der Waals surface area contributed by atoms with Gasteiger partial charge in [-0.15, -0.1) is 0 Å². The summed E-state index contributed by atoms with van der Waals surface area (Å²) in [6.07, 6.45) is 1.31. The zero-order valence-corrected chi connectivity index (χ0v) is 13.6. The van der Waals surface area contributed by atoms with Gasteiger partial charge in [0, 0.05) is 12.6 Å². The van der Waals surface area contributed by atoms with Gasteiger partial charge in [0.1, 0.15) is 12.4 Å². The summed E-state index contributed by atoms with van der Waals surface area (Å²) in [5.74, 6) is 0.897. The summed E-state index contributed by atoms with van der Waals surface area (Å²) in [6, 6.07) is 7.57. The van der Waals surface area contributed by atoms with Crippen LogP contribution < -0.4 is 15.4 Å². The predicted octanol–water partition coefficient (Wildman–Crippen LogP) is 2.09. The summed E-state index contributed by atoms with van der Waals surface area (Å²) in [4.78, 5) is 12.2. The second-order valence-corrected chi connectivity index (χ2v) is 6.87. The van der Waals surface area contributed by atoms with Gasteiger partial charge in [-0.1, -0.05) is 39.0 Å². The average molecular weight is 306 g/mol. The first kappa shape index (κ1) is 16.6. The van der Waals surface area contributed by atoms with E-state index < -0.39 is 0 Å². The number of hydrogen-bond acceptors (Lipinski definition) is 3. The van der Waals surface area contributed by atoms with Gasteiger partial charge in [-0.3, -0.25) is 0 Å². The summed E-state index contributed by atoms with van der Waals surface area (Å²) < 4.78 is 5.67. The van der Waals surface area contributed by atoms with Crippen molar-refractivity contribution in [3.63, 3.8) is 0 Å². The molecule has 1 aliphatic rings.